The first-order valence-corrected chi connectivity index (χ1v) is 7.96. The minimum atomic E-state index is -0.710. The van der Waals surface area contributed by atoms with Crippen molar-refractivity contribution in [2.75, 3.05) is 0 Å². The van der Waals surface area contributed by atoms with Crippen molar-refractivity contribution in [2.45, 2.75) is 45.7 Å². The summed E-state index contributed by atoms with van der Waals surface area (Å²) in [7, 11) is 0. The minimum Gasteiger partial charge on any atom is -0.344 e. The zero-order valence-corrected chi connectivity index (χ0v) is 13.3. The first kappa shape index (κ1) is 15.7. The number of amides is 3. The summed E-state index contributed by atoms with van der Waals surface area (Å²) < 4.78 is 0. The molecule has 0 aromatic carbocycles. The van der Waals surface area contributed by atoms with E-state index in [0.717, 1.165) is 4.88 Å². The van der Waals surface area contributed by atoms with Gasteiger partial charge in [0.2, 0.25) is 11.8 Å². The van der Waals surface area contributed by atoms with Crippen molar-refractivity contribution in [1.82, 2.24) is 10.2 Å². The molecule has 0 spiro atoms. The maximum atomic E-state index is 12.2. The molecule has 2 heterocycles. The summed E-state index contributed by atoms with van der Waals surface area (Å²) in [6.07, 6.45) is 0.709. The molecule has 1 aromatic rings. The average molecular weight is 308 g/mol. The molecule has 21 heavy (non-hydrogen) atoms. The third kappa shape index (κ3) is 3.50. The Labute approximate surface area is 128 Å². The van der Waals surface area contributed by atoms with Crippen LogP contribution in [0.2, 0.25) is 0 Å². The van der Waals surface area contributed by atoms with Crippen LogP contribution >= 0.6 is 11.3 Å². The third-order valence-corrected chi connectivity index (χ3v) is 4.45. The molecule has 0 radical (unpaired) electrons. The zero-order chi connectivity index (χ0) is 15.6. The highest BCUT2D eigenvalue weighted by atomic mass is 32.1. The number of nitrogens with one attached hydrogen (secondary N) is 1. The molecule has 114 valence electrons. The highest BCUT2D eigenvalue weighted by Gasteiger charge is 2.40. The topological polar surface area (TPSA) is 66.5 Å². The van der Waals surface area contributed by atoms with E-state index in [9.17, 15) is 14.4 Å². The largest absolute Gasteiger partial charge is 0.344 e. The summed E-state index contributed by atoms with van der Waals surface area (Å²) in [4.78, 5) is 38.5. The van der Waals surface area contributed by atoms with Gasteiger partial charge in [0.05, 0.1) is 6.42 Å². The van der Waals surface area contributed by atoms with E-state index in [4.69, 9.17) is 0 Å². The summed E-state index contributed by atoms with van der Waals surface area (Å²) in [6.45, 7) is 5.41. The fourth-order valence-electron chi connectivity index (χ4n) is 2.44. The number of likely N-dealkylation sites (tertiary alicyclic amines) is 1. The van der Waals surface area contributed by atoms with Crippen molar-refractivity contribution < 1.29 is 14.4 Å². The van der Waals surface area contributed by atoms with E-state index in [1.54, 1.807) is 25.2 Å². The summed E-state index contributed by atoms with van der Waals surface area (Å²) in [5, 5.41) is 4.68. The van der Waals surface area contributed by atoms with Gasteiger partial charge in [-0.2, -0.15) is 0 Å². The van der Waals surface area contributed by atoms with Crippen molar-refractivity contribution in [3.63, 3.8) is 0 Å². The molecule has 1 N–H and O–H groups in total. The van der Waals surface area contributed by atoms with E-state index < -0.39 is 6.04 Å². The van der Waals surface area contributed by atoms with Crippen LogP contribution in [0.4, 0.5) is 0 Å². The van der Waals surface area contributed by atoms with Crippen LogP contribution in [0.1, 0.15) is 32.1 Å². The Balaban J connectivity index is 1.94. The highest BCUT2D eigenvalue weighted by molar-refractivity contribution is 7.09. The second kappa shape index (κ2) is 6.39. The van der Waals surface area contributed by atoms with Gasteiger partial charge in [-0.25, -0.2) is 0 Å². The molecule has 5 nitrogen and oxygen atoms in total. The van der Waals surface area contributed by atoms with Crippen LogP contribution in [-0.2, 0) is 20.8 Å². The number of imide groups is 1. The van der Waals surface area contributed by atoms with E-state index in [-0.39, 0.29) is 36.1 Å². The number of hydrogen-bond acceptors (Lipinski definition) is 4. The van der Waals surface area contributed by atoms with Crippen molar-refractivity contribution in [1.29, 1.82) is 0 Å². The molecule has 0 unspecified atom stereocenters. The van der Waals surface area contributed by atoms with Crippen LogP contribution < -0.4 is 5.32 Å². The quantitative estimate of drug-likeness (QED) is 0.840. The highest BCUT2D eigenvalue weighted by Crippen LogP contribution is 2.18. The molecule has 1 aliphatic heterocycles. The maximum Gasteiger partial charge on any atom is 0.252 e. The van der Waals surface area contributed by atoms with E-state index >= 15 is 0 Å². The van der Waals surface area contributed by atoms with Crippen LogP contribution in [0.15, 0.2) is 17.5 Å². The fraction of sp³-hybridized carbons (Fsp3) is 0.533. The molecule has 2 rings (SSSR count). The molecule has 2 atom stereocenters. The molecule has 6 heteroatoms. The first-order valence-electron chi connectivity index (χ1n) is 7.08. The molecule has 1 saturated heterocycles. The van der Waals surface area contributed by atoms with E-state index in [1.807, 2.05) is 24.4 Å². The van der Waals surface area contributed by atoms with Gasteiger partial charge in [0.25, 0.3) is 5.91 Å². The lowest BCUT2D eigenvalue weighted by Crippen LogP contribution is -2.45. The van der Waals surface area contributed by atoms with Crippen LogP contribution in [-0.4, -0.2) is 34.7 Å². The van der Waals surface area contributed by atoms with E-state index in [1.165, 1.54) is 4.90 Å². The Morgan fingerprint density at radius 3 is 2.67 bits per heavy atom. The van der Waals surface area contributed by atoms with Crippen molar-refractivity contribution in [2.24, 2.45) is 5.92 Å². The van der Waals surface area contributed by atoms with Gasteiger partial charge >= 0.3 is 0 Å². The Bertz CT molecular complexity index is 539. The van der Waals surface area contributed by atoms with Crippen LogP contribution in [0.25, 0.3) is 0 Å². The van der Waals surface area contributed by atoms with Gasteiger partial charge in [-0.3, -0.25) is 19.3 Å². The van der Waals surface area contributed by atoms with Crippen molar-refractivity contribution in [3.8, 4) is 0 Å². The molecular formula is C15H20N2O3S. The van der Waals surface area contributed by atoms with Crippen LogP contribution in [0.3, 0.4) is 0 Å². The van der Waals surface area contributed by atoms with Gasteiger partial charge in [0, 0.05) is 16.8 Å². The number of rotatable bonds is 5. The van der Waals surface area contributed by atoms with Crippen LogP contribution in [0.5, 0.6) is 0 Å². The normalized spacial score (nSPS) is 20.2. The summed E-state index contributed by atoms with van der Waals surface area (Å²) in [5.41, 5.74) is 0. The van der Waals surface area contributed by atoms with E-state index in [0.29, 0.717) is 6.42 Å². The van der Waals surface area contributed by atoms with Gasteiger partial charge in [0.15, 0.2) is 0 Å². The Kier molecular flexibility index (Phi) is 4.77. The number of nitrogens with zero attached hydrogens (tertiary/aromatic N) is 1. The molecule has 1 aromatic heterocycles. The molecule has 0 aliphatic carbocycles. The second-order valence-corrected chi connectivity index (χ2v) is 6.68. The molecule has 1 aliphatic rings. The van der Waals surface area contributed by atoms with Crippen molar-refractivity contribution in [3.05, 3.63) is 22.4 Å². The second-order valence-electron chi connectivity index (χ2n) is 5.65. The monoisotopic (exact) mass is 308 g/mol. The molecule has 0 saturated carbocycles. The van der Waals surface area contributed by atoms with Crippen LogP contribution in [0, 0.1) is 5.92 Å². The number of thiophene rings is 1. The first-order chi connectivity index (χ1) is 9.90. The predicted molar refractivity (Wildman–Crippen MR) is 80.7 cm³/mol. The smallest absolute Gasteiger partial charge is 0.252 e. The lowest BCUT2D eigenvalue weighted by molar-refractivity contribution is -0.141. The molecular weight excluding hydrogens is 288 g/mol. The Hall–Kier alpha value is -1.69. The lowest BCUT2D eigenvalue weighted by Gasteiger charge is -2.20. The Morgan fingerprint density at radius 2 is 2.14 bits per heavy atom. The van der Waals surface area contributed by atoms with Gasteiger partial charge in [0.1, 0.15) is 6.04 Å². The summed E-state index contributed by atoms with van der Waals surface area (Å²) in [5.74, 6) is -0.919. The summed E-state index contributed by atoms with van der Waals surface area (Å²) in [6, 6.07) is 3.05. The zero-order valence-electron chi connectivity index (χ0n) is 12.5. The fourth-order valence-corrected chi connectivity index (χ4v) is 3.28. The lowest BCUT2D eigenvalue weighted by atomic mass is 10.1. The number of carbonyl (C=O) groups is 3. The Morgan fingerprint density at radius 1 is 1.43 bits per heavy atom. The van der Waals surface area contributed by atoms with Gasteiger partial charge in [-0.1, -0.05) is 13.0 Å². The number of hydrogen-bond donors (Lipinski definition) is 1. The summed E-state index contributed by atoms with van der Waals surface area (Å²) >= 11 is 1.61. The molecule has 3 amide bonds. The average Bonchev–Trinajstić information content (AvgIpc) is 2.98. The third-order valence-electron chi connectivity index (χ3n) is 3.55. The molecule has 1 fully saturated rings. The van der Waals surface area contributed by atoms with Crippen molar-refractivity contribution >= 4 is 29.1 Å². The molecule has 0 bridgehead atoms. The van der Waals surface area contributed by atoms with Gasteiger partial charge in [-0.05, 0) is 31.7 Å². The SMILES string of the molecule is CC(C)N1C(=O)C[C@H](NC(=O)[C@@H](C)Cc2cccs2)C1=O. The van der Waals surface area contributed by atoms with Gasteiger partial charge in [-0.15, -0.1) is 11.3 Å². The maximum absolute atomic E-state index is 12.2. The minimum absolute atomic E-state index is 0.0640. The van der Waals surface area contributed by atoms with Gasteiger partial charge < -0.3 is 5.32 Å². The van der Waals surface area contributed by atoms with E-state index in [2.05, 4.69) is 5.32 Å². The standard InChI is InChI=1S/C15H20N2O3S/c1-9(2)17-13(18)8-12(15(17)20)16-14(19)10(3)7-11-5-4-6-21-11/h4-6,9-10,12H,7-8H2,1-3H3,(H,16,19)/t10-,12-/m0/s1. The number of carbonyl (C=O) groups excluding carboxylic acids is 3. The predicted octanol–water partition coefficient (Wildman–Crippen LogP) is 1.58.